The van der Waals surface area contributed by atoms with E-state index in [0.717, 1.165) is 0 Å². The maximum absolute atomic E-state index is 12.2. The first kappa shape index (κ1) is 16.5. The van der Waals surface area contributed by atoms with Crippen LogP contribution in [-0.2, 0) is 4.74 Å². The first-order valence-electron chi connectivity index (χ1n) is 4.79. The molecule has 1 unspecified atom stereocenters. The predicted molar refractivity (Wildman–Crippen MR) is 49.3 cm³/mol. The van der Waals surface area contributed by atoms with Crippen molar-refractivity contribution >= 4 is 0 Å². The molecule has 104 valence electrons. The van der Waals surface area contributed by atoms with E-state index in [1.165, 1.54) is 20.8 Å². The summed E-state index contributed by atoms with van der Waals surface area (Å²) in [6, 6.07) is 0. The van der Waals surface area contributed by atoms with Crippen LogP contribution in [-0.4, -0.2) is 31.1 Å². The maximum Gasteiger partial charge on any atom is 0.423 e. The molecule has 0 spiro atoms. The van der Waals surface area contributed by atoms with Crippen molar-refractivity contribution in [3.05, 3.63) is 0 Å². The molecule has 2 N–H and O–H groups in total. The third kappa shape index (κ3) is 5.12. The molecule has 0 aromatic carbocycles. The number of hydrogen-bond acceptors (Lipinski definition) is 2. The van der Waals surface area contributed by atoms with Crippen LogP contribution in [0.25, 0.3) is 0 Å². The quantitative estimate of drug-likeness (QED) is 0.798. The van der Waals surface area contributed by atoms with Gasteiger partial charge in [0, 0.05) is 6.54 Å². The number of nitrogens with two attached hydrogens (primary N) is 1. The lowest BCUT2D eigenvalue weighted by atomic mass is 9.89. The Morgan fingerprint density at radius 1 is 0.941 bits per heavy atom. The molecule has 17 heavy (non-hydrogen) atoms. The molecule has 0 aliphatic carbocycles. The minimum Gasteiger partial charge on any atom is -0.356 e. The normalized spacial score (nSPS) is 16.4. The van der Waals surface area contributed by atoms with Crippen LogP contribution < -0.4 is 5.73 Å². The highest BCUT2D eigenvalue weighted by Gasteiger charge is 2.59. The third-order valence-corrected chi connectivity index (χ3v) is 2.07. The van der Waals surface area contributed by atoms with Gasteiger partial charge in [0.2, 0.25) is 6.10 Å². The molecule has 8 heteroatoms. The molecule has 0 saturated heterocycles. The molecule has 0 radical (unpaired) electrons. The highest BCUT2D eigenvalue weighted by atomic mass is 19.4. The Kier molecular flexibility index (Phi) is 4.86. The second-order valence-corrected chi connectivity index (χ2v) is 4.69. The van der Waals surface area contributed by atoms with E-state index in [9.17, 15) is 26.3 Å². The van der Waals surface area contributed by atoms with Gasteiger partial charge < -0.3 is 10.5 Å². The van der Waals surface area contributed by atoms with Crippen LogP contribution in [0.4, 0.5) is 26.3 Å². The summed E-state index contributed by atoms with van der Waals surface area (Å²) in [4.78, 5) is 0. The van der Waals surface area contributed by atoms with Crippen molar-refractivity contribution in [3.8, 4) is 0 Å². The Morgan fingerprint density at radius 2 is 1.29 bits per heavy atom. The molecule has 0 bridgehead atoms. The predicted octanol–water partition coefficient (Wildman–Crippen LogP) is 2.87. The molecule has 1 atom stereocenters. The van der Waals surface area contributed by atoms with Gasteiger partial charge in [0.15, 0.2) is 0 Å². The second-order valence-electron chi connectivity index (χ2n) is 4.69. The monoisotopic (exact) mass is 267 g/mol. The smallest absolute Gasteiger partial charge is 0.356 e. The van der Waals surface area contributed by atoms with Gasteiger partial charge in [-0.15, -0.1) is 0 Å². The van der Waals surface area contributed by atoms with Crippen molar-refractivity contribution in [2.75, 3.05) is 6.54 Å². The van der Waals surface area contributed by atoms with Crippen molar-refractivity contribution in [2.24, 2.45) is 11.1 Å². The van der Waals surface area contributed by atoms with Crippen LogP contribution in [0.3, 0.4) is 0 Å². The van der Waals surface area contributed by atoms with E-state index in [4.69, 9.17) is 5.73 Å². The Bertz CT molecular complexity index is 227. The van der Waals surface area contributed by atoms with Crippen molar-refractivity contribution < 1.29 is 31.1 Å². The molecule has 0 aliphatic rings. The second kappa shape index (κ2) is 5.01. The van der Waals surface area contributed by atoms with Gasteiger partial charge in [-0.1, -0.05) is 20.8 Å². The molecule has 0 aromatic rings. The lowest BCUT2D eigenvalue weighted by Crippen LogP contribution is -2.50. The summed E-state index contributed by atoms with van der Waals surface area (Å²) in [5.41, 5.74) is 4.22. The first-order chi connectivity index (χ1) is 7.30. The van der Waals surface area contributed by atoms with Crippen molar-refractivity contribution in [1.29, 1.82) is 0 Å². The van der Waals surface area contributed by atoms with Gasteiger partial charge in [-0.05, 0) is 5.41 Å². The van der Waals surface area contributed by atoms with Gasteiger partial charge in [-0.3, -0.25) is 0 Å². The summed E-state index contributed by atoms with van der Waals surface area (Å²) in [6.07, 6.45) is -16.1. The number of halogens is 6. The van der Waals surface area contributed by atoms with E-state index in [1.807, 2.05) is 0 Å². The minimum atomic E-state index is -5.50. The van der Waals surface area contributed by atoms with E-state index in [-0.39, 0.29) is 0 Å². The lowest BCUT2D eigenvalue weighted by molar-refractivity contribution is -0.335. The average molecular weight is 267 g/mol. The molecule has 0 aliphatic heterocycles. The number of alkyl halides is 6. The fraction of sp³-hybridized carbons (Fsp3) is 1.00. The summed E-state index contributed by atoms with van der Waals surface area (Å²) in [6.45, 7) is 3.93. The van der Waals surface area contributed by atoms with Gasteiger partial charge in [-0.2, -0.15) is 26.3 Å². The SMILES string of the molecule is CC(C)(C)C(CN)OC(C(F)(F)F)C(F)(F)F. The molecular formula is C9H15F6NO. The zero-order valence-electron chi connectivity index (χ0n) is 9.62. The molecule has 0 heterocycles. The number of ether oxygens (including phenoxy) is 1. The molecule has 0 amide bonds. The zero-order chi connectivity index (χ0) is 14.1. The molecule has 0 fully saturated rings. The van der Waals surface area contributed by atoms with Crippen LogP contribution in [0.1, 0.15) is 20.8 Å². The topological polar surface area (TPSA) is 35.2 Å². The third-order valence-electron chi connectivity index (χ3n) is 2.07. The Labute approximate surface area is 95.1 Å². The lowest BCUT2D eigenvalue weighted by Gasteiger charge is -2.34. The number of hydrogen-bond donors (Lipinski definition) is 1. The van der Waals surface area contributed by atoms with Gasteiger partial charge in [0.1, 0.15) is 0 Å². The van der Waals surface area contributed by atoms with Gasteiger partial charge in [0.25, 0.3) is 0 Å². The molecule has 0 aromatic heterocycles. The van der Waals surface area contributed by atoms with E-state index in [0.29, 0.717) is 0 Å². The summed E-state index contributed by atoms with van der Waals surface area (Å²) in [5.74, 6) is 0. The van der Waals surface area contributed by atoms with Crippen LogP contribution in [0.2, 0.25) is 0 Å². The molecule has 0 saturated carbocycles. The van der Waals surface area contributed by atoms with E-state index in [1.54, 1.807) is 0 Å². The summed E-state index contributed by atoms with van der Waals surface area (Å²) in [5, 5.41) is 0. The van der Waals surface area contributed by atoms with Crippen LogP contribution >= 0.6 is 0 Å². The largest absolute Gasteiger partial charge is 0.423 e. The Morgan fingerprint density at radius 3 is 1.47 bits per heavy atom. The molecule has 2 nitrogen and oxygen atoms in total. The first-order valence-corrected chi connectivity index (χ1v) is 4.79. The van der Waals surface area contributed by atoms with Gasteiger partial charge in [0.05, 0.1) is 6.10 Å². The van der Waals surface area contributed by atoms with Crippen LogP contribution in [0, 0.1) is 5.41 Å². The minimum absolute atomic E-state index is 0.424. The van der Waals surface area contributed by atoms with E-state index in [2.05, 4.69) is 4.74 Å². The van der Waals surface area contributed by atoms with Gasteiger partial charge >= 0.3 is 12.4 Å². The standard InChI is InChI=1S/C9H15F6NO/c1-7(2,3)5(4-16)17-6(8(10,11)12)9(13,14)15/h5-6H,4,16H2,1-3H3. The number of rotatable bonds is 3. The summed E-state index contributed by atoms with van der Waals surface area (Å²) in [7, 11) is 0. The van der Waals surface area contributed by atoms with Gasteiger partial charge in [-0.25, -0.2) is 0 Å². The highest BCUT2D eigenvalue weighted by Crippen LogP contribution is 2.38. The van der Waals surface area contributed by atoms with Crippen molar-refractivity contribution in [1.82, 2.24) is 0 Å². The van der Waals surface area contributed by atoms with Crippen LogP contribution in [0.15, 0.2) is 0 Å². The Hall–Kier alpha value is -0.500. The van der Waals surface area contributed by atoms with E-state index >= 15 is 0 Å². The molecule has 0 rings (SSSR count). The zero-order valence-corrected chi connectivity index (χ0v) is 9.62. The van der Waals surface area contributed by atoms with E-state index < -0.39 is 36.5 Å². The average Bonchev–Trinajstić information content (AvgIpc) is 1.97. The van der Waals surface area contributed by atoms with Crippen molar-refractivity contribution in [2.45, 2.75) is 45.3 Å². The summed E-state index contributed by atoms with van der Waals surface area (Å²) >= 11 is 0. The fourth-order valence-electron chi connectivity index (χ4n) is 1.12. The Balaban J connectivity index is 5.01. The highest BCUT2D eigenvalue weighted by molar-refractivity contribution is 4.82. The molecular weight excluding hydrogens is 252 g/mol. The fourth-order valence-corrected chi connectivity index (χ4v) is 1.12. The van der Waals surface area contributed by atoms with Crippen LogP contribution in [0.5, 0.6) is 0 Å². The van der Waals surface area contributed by atoms with Crippen molar-refractivity contribution in [3.63, 3.8) is 0 Å². The maximum atomic E-state index is 12.2. The summed E-state index contributed by atoms with van der Waals surface area (Å²) < 4.78 is 77.4.